The van der Waals surface area contributed by atoms with Crippen LogP contribution in [0.3, 0.4) is 0 Å². The van der Waals surface area contributed by atoms with Gasteiger partial charge in [0.25, 0.3) is 0 Å². The zero-order valence-corrected chi connectivity index (χ0v) is 11.1. The van der Waals surface area contributed by atoms with Gasteiger partial charge in [-0.2, -0.15) is 0 Å². The summed E-state index contributed by atoms with van der Waals surface area (Å²) in [7, 11) is 0. The van der Waals surface area contributed by atoms with Crippen LogP contribution in [0.2, 0.25) is 5.02 Å². The molecule has 1 fully saturated rings. The number of hydrogen-bond donors (Lipinski definition) is 1. The molecule has 1 aromatic rings. The second kappa shape index (κ2) is 3.63. The zero-order chi connectivity index (χ0) is 12.2. The van der Waals surface area contributed by atoms with Crippen LogP contribution in [-0.2, 0) is 6.42 Å². The molecule has 3 heteroatoms. The Balaban J connectivity index is 1.98. The number of ether oxygens (including phenoxy) is 1. The van der Waals surface area contributed by atoms with Gasteiger partial charge in [-0.15, -0.1) is 0 Å². The number of rotatable bonds is 2. The molecule has 2 unspecified atom stereocenters. The van der Waals surface area contributed by atoms with Crippen LogP contribution in [0.1, 0.15) is 37.4 Å². The van der Waals surface area contributed by atoms with Crippen LogP contribution in [0.25, 0.3) is 0 Å². The van der Waals surface area contributed by atoms with E-state index in [9.17, 15) is 0 Å². The summed E-state index contributed by atoms with van der Waals surface area (Å²) in [5.74, 6) is 1.54. The van der Waals surface area contributed by atoms with E-state index < -0.39 is 0 Å². The third-order valence-corrected chi connectivity index (χ3v) is 4.38. The summed E-state index contributed by atoms with van der Waals surface area (Å²) < 4.78 is 5.71. The number of nitrogens with two attached hydrogens (primary N) is 1. The van der Waals surface area contributed by atoms with Crippen molar-refractivity contribution in [3.63, 3.8) is 0 Å². The van der Waals surface area contributed by atoms with Gasteiger partial charge in [-0.1, -0.05) is 25.4 Å². The van der Waals surface area contributed by atoms with Crippen LogP contribution >= 0.6 is 11.6 Å². The lowest BCUT2D eigenvalue weighted by atomic mass is 9.95. The minimum atomic E-state index is 0.0514. The third-order valence-electron chi connectivity index (χ3n) is 4.16. The van der Waals surface area contributed by atoms with Gasteiger partial charge in [0.05, 0.1) is 6.61 Å². The predicted molar refractivity (Wildman–Crippen MR) is 69.5 cm³/mol. The van der Waals surface area contributed by atoms with E-state index >= 15 is 0 Å². The average molecular weight is 252 g/mol. The Labute approximate surface area is 107 Å². The molecule has 0 radical (unpaired) electrons. The highest BCUT2D eigenvalue weighted by Gasteiger charge is 2.50. The summed E-state index contributed by atoms with van der Waals surface area (Å²) >= 11 is 6.16. The molecule has 0 saturated heterocycles. The molecule has 0 spiro atoms. The van der Waals surface area contributed by atoms with Crippen LogP contribution < -0.4 is 10.5 Å². The monoisotopic (exact) mass is 251 g/mol. The van der Waals surface area contributed by atoms with Crippen molar-refractivity contribution in [2.45, 2.75) is 32.7 Å². The lowest BCUT2D eigenvalue weighted by molar-refractivity contribution is 0.348. The van der Waals surface area contributed by atoms with Crippen LogP contribution in [-0.4, -0.2) is 6.61 Å². The molecule has 2 aliphatic rings. The van der Waals surface area contributed by atoms with Crippen molar-refractivity contribution in [1.29, 1.82) is 0 Å². The Hall–Kier alpha value is -0.730. The van der Waals surface area contributed by atoms with E-state index in [2.05, 4.69) is 13.8 Å². The minimum Gasteiger partial charge on any atom is -0.493 e. The number of hydrogen-bond acceptors (Lipinski definition) is 2. The van der Waals surface area contributed by atoms with Gasteiger partial charge in [0, 0.05) is 23.0 Å². The number of halogens is 1. The molecule has 1 aliphatic heterocycles. The molecule has 2 nitrogen and oxygen atoms in total. The van der Waals surface area contributed by atoms with Crippen LogP contribution in [0.5, 0.6) is 5.75 Å². The second-order valence-electron chi connectivity index (χ2n) is 5.91. The van der Waals surface area contributed by atoms with Crippen molar-refractivity contribution < 1.29 is 4.74 Å². The summed E-state index contributed by atoms with van der Waals surface area (Å²) in [6, 6.07) is 4.03. The Morgan fingerprint density at radius 3 is 2.82 bits per heavy atom. The summed E-state index contributed by atoms with van der Waals surface area (Å²) in [4.78, 5) is 0. The maximum Gasteiger partial charge on any atom is 0.127 e. The van der Waals surface area contributed by atoms with Crippen molar-refractivity contribution in [1.82, 2.24) is 0 Å². The SMILES string of the molecule is CC1(C)CC1C(N)c1cc(Cl)cc2c1OCC2. The van der Waals surface area contributed by atoms with E-state index in [1.165, 1.54) is 12.0 Å². The largest absolute Gasteiger partial charge is 0.493 e. The fourth-order valence-corrected chi connectivity index (χ4v) is 3.13. The highest BCUT2D eigenvalue weighted by Crippen LogP contribution is 2.58. The van der Waals surface area contributed by atoms with Gasteiger partial charge >= 0.3 is 0 Å². The van der Waals surface area contributed by atoms with Crippen molar-refractivity contribution in [3.05, 3.63) is 28.3 Å². The third kappa shape index (κ3) is 1.84. The molecule has 1 heterocycles. The molecule has 92 valence electrons. The van der Waals surface area contributed by atoms with Crippen LogP contribution in [0.4, 0.5) is 0 Å². The Morgan fingerprint density at radius 1 is 1.47 bits per heavy atom. The van der Waals surface area contributed by atoms with Gasteiger partial charge in [0.15, 0.2) is 0 Å². The summed E-state index contributed by atoms with van der Waals surface area (Å²) in [5, 5.41) is 0.776. The molecular weight excluding hydrogens is 234 g/mol. The van der Waals surface area contributed by atoms with Gasteiger partial charge < -0.3 is 10.5 Å². The van der Waals surface area contributed by atoms with Gasteiger partial charge in [0.1, 0.15) is 5.75 Å². The molecule has 3 rings (SSSR count). The lowest BCUT2D eigenvalue weighted by Crippen LogP contribution is -2.16. The van der Waals surface area contributed by atoms with Gasteiger partial charge in [-0.05, 0) is 35.4 Å². The molecular formula is C14H18ClNO. The summed E-state index contributed by atoms with van der Waals surface area (Å²) in [6.45, 7) is 5.29. The number of benzene rings is 1. The first kappa shape index (κ1) is 11.4. The molecule has 17 heavy (non-hydrogen) atoms. The fourth-order valence-electron chi connectivity index (χ4n) is 2.88. The first-order valence-electron chi connectivity index (χ1n) is 6.20. The van der Waals surface area contributed by atoms with E-state index in [1.54, 1.807) is 0 Å². The maximum absolute atomic E-state index is 6.38. The average Bonchev–Trinajstić information content (AvgIpc) is 2.71. The first-order valence-corrected chi connectivity index (χ1v) is 6.57. The Morgan fingerprint density at radius 2 is 2.18 bits per heavy atom. The van der Waals surface area contributed by atoms with Crippen molar-refractivity contribution in [3.8, 4) is 5.75 Å². The highest BCUT2D eigenvalue weighted by atomic mass is 35.5. The van der Waals surface area contributed by atoms with Crippen molar-refractivity contribution >= 4 is 11.6 Å². The summed E-state index contributed by atoms with van der Waals surface area (Å²) in [5.41, 5.74) is 9.05. The van der Waals surface area contributed by atoms with Gasteiger partial charge in [0.2, 0.25) is 0 Å². The Bertz CT molecular complexity index is 470. The number of fused-ring (bicyclic) bond motifs is 1. The highest BCUT2D eigenvalue weighted by molar-refractivity contribution is 6.30. The normalized spacial score (nSPS) is 26.2. The molecule has 2 atom stereocenters. The molecule has 1 aliphatic carbocycles. The van der Waals surface area contributed by atoms with E-state index in [0.29, 0.717) is 11.3 Å². The maximum atomic E-state index is 6.38. The van der Waals surface area contributed by atoms with E-state index in [1.807, 2.05) is 12.1 Å². The Kier molecular flexibility index (Phi) is 2.43. The van der Waals surface area contributed by atoms with E-state index in [-0.39, 0.29) is 6.04 Å². The van der Waals surface area contributed by atoms with Gasteiger partial charge in [-0.25, -0.2) is 0 Å². The zero-order valence-electron chi connectivity index (χ0n) is 10.3. The smallest absolute Gasteiger partial charge is 0.127 e. The molecule has 0 amide bonds. The standard InChI is InChI=1S/C14H18ClNO/c1-14(2)7-11(14)12(16)10-6-9(15)5-8-3-4-17-13(8)10/h5-6,11-12H,3-4,7,16H2,1-2H3. The topological polar surface area (TPSA) is 35.2 Å². The minimum absolute atomic E-state index is 0.0514. The predicted octanol–water partition coefficient (Wildman–Crippen LogP) is 3.32. The fraction of sp³-hybridized carbons (Fsp3) is 0.571. The van der Waals surface area contributed by atoms with Crippen molar-refractivity contribution in [2.75, 3.05) is 6.61 Å². The first-order chi connectivity index (χ1) is 7.99. The van der Waals surface area contributed by atoms with Crippen LogP contribution in [0, 0.1) is 11.3 Å². The van der Waals surface area contributed by atoms with Gasteiger partial charge in [-0.3, -0.25) is 0 Å². The summed E-state index contributed by atoms with van der Waals surface area (Å²) in [6.07, 6.45) is 2.14. The molecule has 0 aromatic heterocycles. The molecule has 2 N–H and O–H groups in total. The van der Waals surface area contributed by atoms with Crippen LogP contribution in [0.15, 0.2) is 12.1 Å². The quantitative estimate of drug-likeness (QED) is 0.875. The van der Waals surface area contributed by atoms with E-state index in [0.717, 1.165) is 29.4 Å². The van der Waals surface area contributed by atoms with Crippen molar-refractivity contribution in [2.24, 2.45) is 17.1 Å². The molecule has 1 aromatic carbocycles. The molecule has 1 saturated carbocycles. The van der Waals surface area contributed by atoms with E-state index in [4.69, 9.17) is 22.1 Å². The molecule has 0 bridgehead atoms. The second-order valence-corrected chi connectivity index (χ2v) is 6.34. The lowest BCUT2D eigenvalue weighted by Gasteiger charge is -2.17.